The summed E-state index contributed by atoms with van der Waals surface area (Å²) in [6, 6.07) is 2.11. The molecule has 4 aliphatic carbocycles. The van der Waals surface area contributed by atoms with Gasteiger partial charge in [-0.1, -0.05) is 25.1 Å². The maximum Gasteiger partial charge on any atom is 0.255 e. The molecular formula is C27H30N2O8. The molecule has 4 aliphatic rings. The number of primary amides is 1. The Hall–Kier alpha value is -3.47. The van der Waals surface area contributed by atoms with Crippen molar-refractivity contribution in [3.63, 3.8) is 0 Å². The zero-order chi connectivity index (χ0) is 27.1. The molecule has 1 saturated carbocycles. The predicted molar refractivity (Wildman–Crippen MR) is 132 cm³/mol. The van der Waals surface area contributed by atoms with E-state index in [2.05, 4.69) is 0 Å². The molecule has 0 aliphatic heterocycles. The molecule has 0 radical (unpaired) electrons. The molecule has 196 valence electrons. The van der Waals surface area contributed by atoms with Gasteiger partial charge < -0.3 is 31.3 Å². The van der Waals surface area contributed by atoms with E-state index in [1.807, 2.05) is 6.08 Å². The summed E-state index contributed by atoms with van der Waals surface area (Å²) in [5.41, 5.74) is 3.03. The predicted octanol–water partition coefficient (Wildman–Crippen LogP) is 1.06. The first-order chi connectivity index (χ1) is 17.3. The number of allylic oxidation sites excluding steroid dienone is 2. The highest BCUT2D eigenvalue weighted by Crippen LogP contribution is 2.56. The van der Waals surface area contributed by atoms with Crippen LogP contribution in [-0.2, 0) is 14.4 Å². The molecule has 0 unspecified atom stereocenters. The number of aromatic hydroxyl groups is 1. The van der Waals surface area contributed by atoms with Gasteiger partial charge in [0.15, 0.2) is 11.4 Å². The maximum atomic E-state index is 14.0. The van der Waals surface area contributed by atoms with Crippen molar-refractivity contribution in [1.82, 2.24) is 4.90 Å². The lowest BCUT2D eigenvalue weighted by molar-refractivity contribution is -0.169. The molecule has 5 rings (SSSR count). The lowest BCUT2D eigenvalue weighted by atomic mass is 9.54. The van der Waals surface area contributed by atoms with E-state index in [1.54, 1.807) is 19.1 Å². The van der Waals surface area contributed by atoms with Crippen molar-refractivity contribution in [2.75, 3.05) is 14.1 Å². The number of benzene rings is 1. The van der Waals surface area contributed by atoms with E-state index < -0.39 is 70.1 Å². The average molecular weight is 511 g/mol. The fraction of sp³-hybridized carbons (Fsp3) is 0.444. The van der Waals surface area contributed by atoms with Crippen molar-refractivity contribution in [2.24, 2.45) is 17.6 Å². The van der Waals surface area contributed by atoms with E-state index in [-0.39, 0.29) is 16.9 Å². The third-order valence-electron chi connectivity index (χ3n) is 8.52. The third-order valence-corrected chi connectivity index (χ3v) is 8.52. The number of likely N-dealkylation sites (N-methyl/N-ethyl adjacent to an activating group) is 1. The minimum atomic E-state index is -2.91. The Morgan fingerprint density at radius 1 is 1.16 bits per heavy atom. The van der Waals surface area contributed by atoms with Crippen molar-refractivity contribution in [3.8, 4) is 5.75 Å². The summed E-state index contributed by atoms with van der Waals surface area (Å²) in [6.45, 7) is 1.71. The van der Waals surface area contributed by atoms with E-state index in [9.17, 15) is 39.9 Å². The summed E-state index contributed by atoms with van der Waals surface area (Å²) >= 11 is 0. The quantitative estimate of drug-likeness (QED) is 0.324. The van der Waals surface area contributed by atoms with Gasteiger partial charge in [-0.15, -0.1) is 0 Å². The standard InChI is InChI=1S/C27H30N2O8/c1-10-12-8-9-13(11-6-4-5-7-11)20(30)15(12)21(31)16-14(10)22(32)18-19(29(2)3)23(33)17(26(28)36)25(35)27(18,37)24(16)34/h6,8-10,14,18-19,22,30-32,35,37H,4-5,7H2,1-3H3,(H2,28,36)/t10-,14+,18+,19-,22-,27-/m0/s1. The summed E-state index contributed by atoms with van der Waals surface area (Å²) in [4.78, 5) is 40.6. The molecule has 6 atom stereocenters. The summed E-state index contributed by atoms with van der Waals surface area (Å²) in [5.74, 6) is -8.77. The number of hydrogen-bond acceptors (Lipinski definition) is 9. The Morgan fingerprint density at radius 3 is 2.41 bits per heavy atom. The highest BCUT2D eigenvalue weighted by molar-refractivity contribution is 6.24. The number of Topliss-reactive ketones (excluding diaryl/α,β-unsaturated/α-hetero) is 2. The monoisotopic (exact) mass is 510 g/mol. The summed E-state index contributed by atoms with van der Waals surface area (Å²) in [6.07, 6.45) is 2.93. The van der Waals surface area contributed by atoms with Crippen molar-refractivity contribution in [1.29, 1.82) is 0 Å². The number of phenolic OH excluding ortho intramolecular Hbond substituents is 1. The van der Waals surface area contributed by atoms with Crippen LogP contribution >= 0.6 is 0 Å². The molecule has 10 nitrogen and oxygen atoms in total. The molecule has 37 heavy (non-hydrogen) atoms. The zero-order valence-electron chi connectivity index (χ0n) is 20.7. The van der Waals surface area contributed by atoms with Crippen LogP contribution in [0.4, 0.5) is 0 Å². The molecule has 1 aromatic rings. The van der Waals surface area contributed by atoms with Crippen LogP contribution in [0.1, 0.15) is 48.8 Å². The van der Waals surface area contributed by atoms with Gasteiger partial charge in [0.2, 0.25) is 5.78 Å². The smallest absolute Gasteiger partial charge is 0.255 e. The molecule has 1 aromatic carbocycles. The SMILES string of the molecule is C[C@H]1c2ccc(C3=CCCC3)c(O)c2C(O)=C2C(=O)[C@]3(O)C(O)=C(C(N)=O)C(=O)[C@@H](N(C)C)[C@@H]3[C@@H](O)[C@@H]21. The Labute approximate surface area is 213 Å². The fourth-order valence-electron chi connectivity index (χ4n) is 6.79. The normalized spacial score (nSPS) is 33.4. The van der Waals surface area contributed by atoms with Crippen LogP contribution in [0.5, 0.6) is 5.75 Å². The fourth-order valence-corrected chi connectivity index (χ4v) is 6.79. The number of nitrogens with two attached hydrogens (primary N) is 1. The van der Waals surface area contributed by atoms with Gasteiger partial charge >= 0.3 is 0 Å². The Bertz CT molecular complexity index is 1360. The molecule has 0 aromatic heterocycles. The molecule has 0 bridgehead atoms. The number of amides is 1. The highest BCUT2D eigenvalue weighted by atomic mass is 16.4. The van der Waals surface area contributed by atoms with Crippen LogP contribution in [0.2, 0.25) is 0 Å². The van der Waals surface area contributed by atoms with Gasteiger partial charge in [0.05, 0.1) is 23.6 Å². The van der Waals surface area contributed by atoms with E-state index in [4.69, 9.17) is 5.73 Å². The summed E-state index contributed by atoms with van der Waals surface area (Å²) in [7, 11) is 2.95. The van der Waals surface area contributed by atoms with E-state index in [0.29, 0.717) is 11.1 Å². The van der Waals surface area contributed by atoms with Crippen LogP contribution in [0.25, 0.3) is 11.3 Å². The Balaban J connectivity index is 1.78. The van der Waals surface area contributed by atoms with E-state index in [1.165, 1.54) is 19.0 Å². The molecule has 0 saturated heterocycles. The largest absolute Gasteiger partial charge is 0.508 e. The second-order valence-corrected chi connectivity index (χ2v) is 10.6. The Kier molecular flexibility index (Phi) is 5.63. The first-order valence-corrected chi connectivity index (χ1v) is 12.2. The number of carbonyl (C=O) groups is 3. The van der Waals surface area contributed by atoms with Gasteiger partial charge in [-0.05, 0) is 50.4 Å². The average Bonchev–Trinajstić information content (AvgIpc) is 3.35. The topological polar surface area (TPSA) is 182 Å². The van der Waals surface area contributed by atoms with Gasteiger partial charge in [0, 0.05) is 17.1 Å². The van der Waals surface area contributed by atoms with Crippen LogP contribution in [0, 0.1) is 11.8 Å². The van der Waals surface area contributed by atoms with Gasteiger partial charge in [-0.25, -0.2) is 0 Å². The van der Waals surface area contributed by atoms with E-state index >= 15 is 0 Å². The molecule has 1 amide bonds. The van der Waals surface area contributed by atoms with Gasteiger partial charge in [-0.2, -0.15) is 0 Å². The van der Waals surface area contributed by atoms with Crippen LogP contribution in [0.3, 0.4) is 0 Å². The lowest BCUT2D eigenvalue weighted by Crippen LogP contribution is -2.70. The minimum Gasteiger partial charge on any atom is -0.508 e. The number of hydrogen-bond donors (Lipinski definition) is 6. The zero-order valence-corrected chi connectivity index (χ0v) is 20.7. The molecule has 7 N–H and O–H groups in total. The van der Waals surface area contributed by atoms with Gasteiger partial charge in [-0.3, -0.25) is 19.3 Å². The molecule has 1 fully saturated rings. The number of carbonyl (C=O) groups excluding carboxylic acids is 3. The van der Waals surface area contributed by atoms with Crippen molar-refractivity contribution in [3.05, 3.63) is 51.8 Å². The summed E-state index contributed by atoms with van der Waals surface area (Å²) < 4.78 is 0. The summed E-state index contributed by atoms with van der Waals surface area (Å²) in [5, 5.41) is 56.9. The first-order valence-electron chi connectivity index (χ1n) is 12.2. The second kappa shape index (κ2) is 8.27. The van der Waals surface area contributed by atoms with Gasteiger partial charge in [0.25, 0.3) is 5.91 Å². The molecule has 0 heterocycles. The minimum absolute atomic E-state index is 0.0151. The van der Waals surface area contributed by atoms with Gasteiger partial charge in [0.1, 0.15) is 22.8 Å². The number of rotatable bonds is 3. The lowest BCUT2D eigenvalue weighted by Gasteiger charge is -2.53. The van der Waals surface area contributed by atoms with E-state index in [0.717, 1.165) is 24.8 Å². The van der Waals surface area contributed by atoms with Crippen LogP contribution in [-0.4, -0.2) is 79.7 Å². The number of ketones is 2. The third kappa shape index (κ3) is 3.12. The van der Waals surface area contributed by atoms with Crippen LogP contribution < -0.4 is 5.73 Å². The van der Waals surface area contributed by atoms with Crippen molar-refractivity contribution >= 4 is 28.8 Å². The van der Waals surface area contributed by atoms with Crippen molar-refractivity contribution < 1.29 is 39.9 Å². The number of aliphatic hydroxyl groups is 4. The Morgan fingerprint density at radius 2 is 1.84 bits per heavy atom. The van der Waals surface area contributed by atoms with Crippen LogP contribution in [0.15, 0.2) is 35.1 Å². The number of phenols is 1. The molecule has 10 heteroatoms. The highest BCUT2D eigenvalue weighted by Gasteiger charge is 2.68. The first kappa shape index (κ1) is 25.2. The number of fused-ring (bicyclic) bond motifs is 3. The number of aliphatic hydroxyl groups excluding tert-OH is 3. The number of nitrogens with zero attached hydrogens (tertiary/aromatic N) is 1. The maximum absolute atomic E-state index is 14.0. The van der Waals surface area contributed by atoms with Crippen molar-refractivity contribution in [2.45, 2.75) is 49.9 Å². The molecule has 0 spiro atoms. The molecular weight excluding hydrogens is 480 g/mol. The second-order valence-electron chi connectivity index (χ2n) is 10.6.